The largest absolute Gasteiger partial charge is 0.460 e. The van der Waals surface area contributed by atoms with Crippen LogP contribution in [0, 0.1) is 23.6 Å². The van der Waals surface area contributed by atoms with Crippen LogP contribution in [-0.4, -0.2) is 11.8 Å². The Hall–Kier alpha value is -2.73. The SMILES string of the molecule is O=C(OCc1cc(F)cc2c1OC(c1ccccc1)OC2)C1CC2CCCC(C1)C2=O. The van der Waals surface area contributed by atoms with E-state index >= 15 is 0 Å². The highest BCUT2D eigenvalue weighted by Crippen LogP contribution is 2.41. The van der Waals surface area contributed by atoms with Crippen LogP contribution in [0.5, 0.6) is 5.75 Å². The summed E-state index contributed by atoms with van der Waals surface area (Å²) in [6.07, 6.45) is 3.32. The average Bonchev–Trinajstić information content (AvgIpc) is 2.77. The molecule has 2 saturated carbocycles. The van der Waals surface area contributed by atoms with Crippen molar-refractivity contribution in [2.45, 2.75) is 51.6 Å². The number of Topliss-reactive ketones (excluding diaryl/α,β-unsaturated/α-hetero) is 1. The molecule has 0 amide bonds. The minimum absolute atomic E-state index is 0.0147. The number of benzene rings is 2. The summed E-state index contributed by atoms with van der Waals surface area (Å²) >= 11 is 0. The fraction of sp³-hybridized carbons (Fsp3) is 0.440. The van der Waals surface area contributed by atoms with Crippen molar-refractivity contribution in [3.05, 3.63) is 65.0 Å². The minimum atomic E-state index is -0.600. The van der Waals surface area contributed by atoms with Crippen LogP contribution in [0.25, 0.3) is 0 Å². The number of fused-ring (bicyclic) bond motifs is 3. The van der Waals surface area contributed by atoms with Crippen LogP contribution in [0.15, 0.2) is 42.5 Å². The molecule has 5 rings (SSSR count). The lowest BCUT2D eigenvalue weighted by Crippen LogP contribution is -2.39. The Morgan fingerprint density at radius 2 is 1.84 bits per heavy atom. The molecular formula is C25H25FO5. The Morgan fingerprint density at radius 3 is 2.58 bits per heavy atom. The molecule has 2 bridgehead atoms. The molecule has 0 spiro atoms. The Balaban J connectivity index is 1.29. The van der Waals surface area contributed by atoms with Crippen molar-refractivity contribution in [3.63, 3.8) is 0 Å². The number of ether oxygens (including phenoxy) is 3. The normalized spacial score (nSPS) is 27.2. The van der Waals surface area contributed by atoms with Gasteiger partial charge in [0.25, 0.3) is 0 Å². The first kappa shape index (κ1) is 20.2. The van der Waals surface area contributed by atoms with Gasteiger partial charge in [-0.25, -0.2) is 4.39 Å². The van der Waals surface area contributed by atoms with Crippen molar-refractivity contribution < 1.29 is 28.2 Å². The van der Waals surface area contributed by atoms with Crippen molar-refractivity contribution >= 4 is 11.8 Å². The summed E-state index contributed by atoms with van der Waals surface area (Å²) in [6.45, 7) is 0.141. The standard InChI is InChI=1S/C25H25FO5/c26-21-11-19(13-29-24(28)18-9-16-7-4-8-17(10-18)22(16)27)23-20(12-21)14-30-25(31-23)15-5-2-1-3-6-15/h1-3,5-6,11-12,16-18,25H,4,7-10,13-14H2. The molecule has 2 aliphatic carbocycles. The number of carbonyl (C=O) groups excluding carboxylic acids is 2. The van der Waals surface area contributed by atoms with E-state index in [9.17, 15) is 14.0 Å². The summed E-state index contributed by atoms with van der Waals surface area (Å²) in [6, 6.07) is 12.2. The fourth-order valence-corrected chi connectivity index (χ4v) is 5.10. The molecule has 2 aromatic rings. The molecule has 1 aliphatic heterocycles. The van der Waals surface area contributed by atoms with Gasteiger partial charge in [-0.1, -0.05) is 36.8 Å². The topological polar surface area (TPSA) is 61.8 Å². The summed E-state index contributed by atoms with van der Waals surface area (Å²) in [4.78, 5) is 25.0. The lowest BCUT2D eigenvalue weighted by atomic mass is 9.67. The predicted molar refractivity (Wildman–Crippen MR) is 109 cm³/mol. The lowest BCUT2D eigenvalue weighted by molar-refractivity contribution is -0.155. The maximum Gasteiger partial charge on any atom is 0.309 e. The van der Waals surface area contributed by atoms with Gasteiger partial charge in [0.05, 0.1) is 12.5 Å². The number of hydrogen-bond acceptors (Lipinski definition) is 5. The molecule has 3 unspecified atom stereocenters. The molecule has 0 radical (unpaired) electrons. The van der Waals surface area contributed by atoms with Gasteiger partial charge in [-0.15, -0.1) is 0 Å². The molecular weight excluding hydrogens is 399 g/mol. The lowest BCUT2D eigenvalue weighted by Gasteiger charge is -2.36. The van der Waals surface area contributed by atoms with Crippen LogP contribution in [0.3, 0.4) is 0 Å². The van der Waals surface area contributed by atoms with Crippen molar-refractivity contribution in [2.75, 3.05) is 0 Å². The highest BCUT2D eigenvalue weighted by molar-refractivity contribution is 5.87. The van der Waals surface area contributed by atoms with Gasteiger partial charge >= 0.3 is 5.97 Å². The second kappa shape index (κ2) is 8.42. The zero-order valence-electron chi connectivity index (χ0n) is 17.2. The minimum Gasteiger partial charge on any atom is -0.460 e. The number of halogens is 1. The van der Waals surface area contributed by atoms with E-state index in [0.29, 0.717) is 35.5 Å². The second-order valence-electron chi connectivity index (χ2n) is 8.73. The number of rotatable bonds is 4. The monoisotopic (exact) mass is 424 g/mol. The summed E-state index contributed by atoms with van der Waals surface area (Å²) in [7, 11) is 0. The third kappa shape index (κ3) is 4.09. The summed E-state index contributed by atoms with van der Waals surface area (Å²) in [5, 5.41) is 0. The maximum absolute atomic E-state index is 14.2. The van der Waals surface area contributed by atoms with E-state index in [-0.39, 0.29) is 36.9 Å². The van der Waals surface area contributed by atoms with E-state index in [1.165, 1.54) is 12.1 Å². The van der Waals surface area contributed by atoms with E-state index in [2.05, 4.69) is 0 Å². The van der Waals surface area contributed by atoms with Gasteiger partial charge in [0, 0.05) is 28.5 Å². The molecule has 3 atom stereocenters. The van der Waals surface area contributed by atoms with Gasteiger partial charge < -0.3 is 14.2 Å². The third-order valence-electron chi connectivity index (χ3n) is 6.65. The zero-order valence-corrected chi connectivity index (χ0v) is 17.2. The average molecular weight is 424 g/mol. The second-order valence-corrected chi connectivity index (χ2v) is 8.73. The maximum atomic E-state index is 14.2. The van der Waals surface area contributed by atoms with E-state index < -0.39 is 12.1 Å². The van der Waals surface area contributed by atoms with Crippen LogP contribution < -0.4 is 4.74 Å². The van der Waals surface area contributed by atoms with Crippen LogP contribution in [0.4, 0.5) is 4.39 Å². The van der Waals surface area contributed by atoms with Crippen LogP contribution >= 0.6 is 0 Å². The molecule has 2 fully saturated rings. The van der Waals surface area contributed by atoms with Crippen LogP contribution in [0.1, 0.15) is 55.1 Å². The van der Waals surface area contributed by atoms with E-state index in [1.807, 2.05) is 30.3 Å². The smallest absolute Gasteiger partial charge is 0.309 e. The summed E-state index contributed by atoms with van der Waals surface area (Å²) in [5.74, 6) is -0.209. The van der Waals surface area contributed by atoms with Gasteiger partial charge in [0.15, 0.2) is 0 Å². The van der Waals surface area contributed by atoms with Crippen molar-refractivity contribution in [1.29, 1.82) is 0 Å². The molecule has 1 heterocycles. The quantitative estimate of drug-likeness (QED) is 0.655. The molecule has 3 aliphatic rings. The van der Waals surface area contributed by atoms with Crippen molar-refractivity contribution in [2.24, 2.45) is 17.8 Å². The predicted octanol–water partition coefficient (Wildman–Crippen LogP) is 4.87. The van der Waals surface area contributed by atoms with E-state index in [4.69, 9.17) is 14.2 Å². The molecule has 2 aromatic carbocycles. The summed E-state index contributed by atoms with van der Waals surface area (Å²) < 4.78 is 31.5. The molecule has 162 valence electrons. The number of carbonyl (C=O) groups is 2. The van der Waals surface area contributed by atoms with Gasteiger partial charge in [0.2, 0.25) is 6.29 Å². The van der Waals surface area contributed by atoms with E-state index in [1.54, 1.807) is 0 Å². The van der Waals surface area contributed by atoms with Gasteiger partial charge in [0.1, 0.15) is 24.0 Å². The molecule has 31 heavy (non-hydrogen) atoms. The molecule has 0 saturated heterocycles. The van der Waals surface area contributed by atoms with Crippen molar-refractivity contribution in [3.8, 4) is 5.75 Å². The third-order valence-corrected chi connectivity index (χ3v) is 6.65. The molecule has 0 aromatic heterocycles. The number of esters is 1. The first-order chi connectivity index (χ1) is 15.1. The highest BCUT2D eigenvalue weighted by Gasteiger charge is 2.42. The van der Waals surface area contributed by atoms with Crippen LogP contribution in [0.2, 0.25) is 0 Å². The first-order valence-electron chi connectivity index (χ1n) is 10.9. The summed E-state index contributed by atoms with van der Waals surface area (Å²) in [5.41, 5.74) is 1.94. The molecule has 6 heteroatoms. The first-order valence-corrected chi connectivity index (χ1v) is 10.9. The van der Waals surface area contributed by atoms with E-state index in [0.717, 1.165) is 24.8 Å². The van der Waals surface area contributed by atoms with Gasteiger partial charge in [-0.3, -0.25) is 9.59 Å². The van der Waals surface area contributed by atoms with Crippen LogP contribution in [-0.2, 0) is 32.3 Å². The zero-order chi connectivity index (χ0) is 21.4. The Labute approximate surface area is 180 Å². The highest BCUT2D eigenvalue weighted by atomic mass is 19.1. The Morgan fingerprint density at radius 1 is 1.10 bits per heavy atom. The number of ketones is 1. The number of hydrogen-bond donors (Lipinski definition) is 0. The van der Waals surface area contributed by atoms with Crippen molar-refractivity contribution in [1.82, 2.24) is 0 Å². The van der Waals surface area contributed by atoms with Gasteiger partial charge in [-0.2, -0.15) is 0 Å². The Bertz CT molecular complexity index is 973. The Kier molecular flexibility index (Phi) is 5.48. The van der Waals surface area contributed by atoms with Gasteiger partial charge in [-0.05, 0) is 37.8 Å². The molecule has 5 nitrogen and oxygen atoms in total. The fourth-order valence-electron chi connectivity index (χ4n) is 5.10. The molecule has 0 N–H and O–H groups in total.